The van der Waals surface area contributed by atoms with Crippen molar-refractivity contribution >= 4 is 16.6 Å². The highest BCUT2D eigenvalue weighted by molar-refractivity contribution is 5.79. The summed E-state index contributed by atoms with van der Waals surface area (Å²) in [4.78, 5) is 7.58. The van der Waals surface area contributed by atoms with Crippen LogP contribution >= 0.6 is 0 Å². The molecule has 4 heteroatoms. The molecule has 0 saturated heterocycles. The van der Waals surface area contributed by atoms with E-state index in [0.29, 0.717) is 0 Å². The lowest BCUT2D eigenvalue weighted by Crippen LogP contribution is -2.15. The zero-order chi connectivity index (χ0) is 15.6. The summed E-state index contributed by atoms with van der Waals surface area (Å²) in [5, 5.41) is 14.9. The number of rotatable bonds is 4. The van der Waals surface area contributed by atoms with E-state index in [4.69, 9.17) is 0 Å². The Bertz CT molecular complexity index is 824. The molecule has 1 aliphatic rings. The molecular formula is C19H21N3O. The van der Waals surface area contributed by atoms with Crippen LogP contribution in [-0.4, -0.2) is 21.6 Å². The van der Waals surface area contributed by atoms with E-state index in [1.54, 1.807) is 6.20 Å². The summed E-state index contributed by atoms with van der Waals surface area (Å²) in [7, 11) is 0. The van der Waals surface area contributed by atoms with E-state index in [0.717, 1.165) is 43.6 Å². The van der Waals surface area contributed by atoms with Gasteiger partial charge < -0.3 is 15.4 Å². The molecule has 0 spiro atoms. The SMILES string of the molecule is OC1CCCc2c(NCCc3ccc4[nH]ccc4c3)ccnc21. The molecule has 23 heavy (non-hydrogen) atoms. The summed E-state index contributed by atoms with van der Waals surface area (Å²) < 4.78 is 0. The lowest BCUT2D eigenvalue weighted by molar-refractivity contribution is 0.151. The van der Waals surface area contributed by atoms with Crippen LogP contribution < -0.4 is 5.32 Å². The molecule has 3 aromatic rings. The van der Waals surface area contributed by atoms with Crippen LogP contribution in [0.5, 0.6) is 0 Å². The number of aromatic amines is 1. The first-order valence-corrected chi connectivity index (χ1v) is 8.27. The normalized spacial score (nSPS) is 17.2. The maximum absolute atomic E-state index is 10.1. The Kier molecular flexibility index (Phi) is 3.75. The van der Waals surface area contributed by atoms with Crippen molar-refractivity contribution < 1.29 is 5.11 Å². The predicted octanol–water partition coefficient (Wildman–Crippen LogP) is 3.59. The number of anilines is 1. The minimum Gasteiger partial charge on any atom is -0.387 e. The van der Waals surface area contributed by atoms with Gasteiger partial charge in [0, 0.05) is 30.1 Å². The van der Waals surface area contributed by atoms with Crippen LogP contribution in [0.25, 0.3) is 10.9 Å². The first-order chi connectivity index (χ1) is 11.3. The fraction of sp³-hybridized carbons (Fsp3) is 0.316. The van der Waals surface area contributed by atoms with E-state index in [2.05, 4.69) is 39.6 Å². The van der Waals surface area contributed by atoms with Gasteiger partial charge in [-0.2, -0.15) is 0 Å². The zero-order valence-corrected chi connectivity index (χ0v) is 13.0. The molecule has 0 fully saturated rings. The van der Waals surface area contributed by atoms with E-state index in [9.17, 15) is 5.11 Å². The van der Waals surface area contributed by atoms with Crippen molar-refractivity contribution in [1.82, 2.24) is 9.97 Å². The van der Waals surface area contributed by atoms with Gasteiger partial charge in [0.1, 0.15) is 0 Å². The number of aliphatic hydroxyl groups is 1. The third kappa shape index (κ3) is 2.82. The van der Waals surface area contributed by atoms with Gasteiger partial charge in [-0.1, -0.05) is 6.07 Å². The van der Waals surface area contributed by atoms with Crippen LogP contribution in [0, 0.1) is 0 Å². The van der Waals surface area contributed by atoms with Gasteiger partial charge in [0.2, 0.25) is 0 Å². The molecular weight excluding hydrogens is 286 g/mol. The molecule has 4 nitrogen and oxygen atoms in total. The maximum atomic E-state index is 10.1. The number of hydrogen-bond donors (Lipinski definition) is 3. The molecule has 2 heterocycles. The Morgan fingerprint density at radius 1 is 1.26 bits per heavy atom. The Labute approximate surface area is 135 Å². The maximum Gasteiger partial charge on any atom is 0.0963 e. The number of aliphatic hydroxyl groups excluding tert-OH is 1. The number of nitrogens with one attached hydrogen (secondary N) is 2. The van der Waals surface area contributed by atoms with Crippen LogP contribution in [0.4, 0.5) is 5.69 Å². The van der Waals surface area contributed by atoms with Crippen molar-refractivity contribution in [2.75, 3.05) is 11.9 Å². The van der Waals surface area contributed by atoms with Gasteiger partial charge in [-0.3, -0.25) is 4.98 Å². The molecule has 3 N–H and O–H groups in total. The first-order valence-electron chi connectivity index (χ1n) is 8.27. The average Bonchev–Trinajstić information content (AvgIpc) is 3.03. The molecule has 4 rings (SSSR count). The van der Waals surface area contributed by atoms with E-state index >= 15 is 0 Å². The molecule has 1 aliphatic carbocycles. The summed E-state index contributed by atoms with van der Waals surface area (Å²) in [5.74, 6) is 0. The summed E-state index contributed by atoms with van der Waals surface area (Å²) in [6.45, 7) is 0.877. The van der Waals surface area contributed by atoms with Crippen molar-refractivity contribution in [3.8, 4) is 0 Å². The summed E-state index contributed by atoms with van der Waals surface area (Å²) in [6, 6.07) is 10.7. The van der Waals surface area contributed by atoms with Crippen molar-refractivity contribution in [3.05, 3.63) is 59.5 Å². The monoisotopic (exact) mass is 307 g/mol. The fourth-order valence-electron chi connectivity index (χ4n) is 3.43. The minimum absolute atomic E-state index is 0.406. The predicted molar refractivity (Wildman–Crippen MR) is 92.6 cm³/mol. The highest BCUT2D eigenvalue weighted by Crippen LogP contribution is 2.32. The van der Waals surface area contributed by atoms with E-state index in [-0.39, 0.29) is 0 Å². The number of benzene rings is 1. The van der Waals surface area contributed by atoms with E-state index < -0.39 is 6.10 Å². The lowest BCUT2D eigenvalue weighted by Gasteiger charge is -2.23. The third-order valence-electron chi connectivity index (χ3n) is 4.66. The second-order valence-corrected chi connectivity index (χ2v) is 6.21. The molecule has 2 aromatic heterocycles. The lowest BCUT2D eigenvalue weighted by atomic mass is 9.92. The minimum atomic E-state index is -0.406. The van der Waals surface area contributed by atoms with Gasteiger partial charge in [-0.25, -0.2) is 0 Å². The van der Waals surface area contributed by atoms with E-state index in [1.807, 2.05) is 12.3 Å². The average molecular weight is 307 g/mol. The van der Waals surface area contributed by atoms with Gasteiger partial charge in [-0.05, 0) is 66.5 Å². The Hall–Kier alpha value is -2.33. The van der Waals surface area contributed by atoms with Gasteiger partial charge in [0.15, 0.2) is 0 Å². The van der Waals surface area contributed by atoms with Crippen LogP contribution in [0.2, 0.25) is 0 Å². The first kappa shape index (κ1) is 14.3. The molecule has 0 saturated carbocycles. The van der Waals surface area contributed by atoms with Gasteiger partial charge in [0.25, 0.3) is 0 Å². The van der Waals surface area contributed by atoms with Crippen LogP contribution in [0.3, 0.4) is 0 Å². The second kappa shape index (κ2) is 6.05. The number of fused-ring (bicyclic) bond motifs is 2. The molecule has 1 atom stereocenters. The van der Waals surface area contributed by atoms with E-state index in [1.165, 1.54) is 22.0 Å². The molecule has 118 valence electrons. The fourth-order valence-corrected chi connectivity index (χ4v) is 3.43. The largest absolute Gasteiger partial charge is 0.387 e. The Balaban J connectivity index is 1.46. The van der Waals surface area contributed by atoms with Crippen molar-refractivity contribution in [1.29, 1.82) is 0 Å². The highest BCUT2D eigenvalue weighted by atomic mass is 16.3. The number of nitrogens with zero attached hydrogens (tertiary/aromatic N) is 1. The van der Waals surface area contributed by atoms with Crippen LogP contribution in [0.15, 0.2) is 42.7 Å². The Morgan fingerprint density at radius 2 is 2.22 bits per heavy atom. The number of pyridine rings is 1. The summed E-state index contributed by atoms with van der Waals surface area (Å²) in [5.41, 5.74) is 5.67. The van der Waals surface area contributed by atoms with Gasteiger partial charge in [-0.15, -0.1) is 0 Å². The van der Waals surface area contributed by atoms with Crippen LogP contribution in [-0.2, 0) is 12.8 Å². The molecule has 0 radical (unpaired) electrons. The smallest absolute Gasteiger partial charge is 0.0963 e. The Morgan fingerprint density at radius 3 is 3.17 bits per heavy atom. The molecule has 1 aromatic carbocycles. The standard InChI is InChI=1S/C19H21N3O/c23-18-3-1-2-15-17(8-11-22-19(15)18)21-9-6-13-4-5-16-14(12-13)7-10-20-16/h4-5,7-8,10-12,18,20,23H,1-3,6,9H2,(H,21,22). The van der Waals surface area contributed by atoms with Gasteiger partial charge >= 0.3 is 0 Å². The molecule has 0 amide bonds. The molecule has 0 aliphatic heterocycles. The number of H-pyrrole nitrogens is 1. The van der Waals surface area contributed by atoms with Crippen LogP contribution in [0.1, 0.15) is 35.8 Å². The zero-order valence-electron chi connectivity index (χ0n) is 13.0. The molecule has 1 unspecified atom stereocenters. The molecule has 0 bridgehead atoms. The number of aromatic nitrogens is 2. The summed E-state index contributed by atoms with van der Waals surface area (Å²) >= 11 is 0. The van der Waals surface area contributed by atoms with Gasteiger partial charge in [0.05, 0.1) is 11.8 Å². The van der Waals surface area contributed by atoms with Crippen molar-refractivity contribution in [2.45, 2.75) is 31.8 Å². The highest BCUT2D eigenvalue weighted by Gasteiger charge is 2.21. The van der Waals surface area contributed by atoms with Crippen molar-refractivity contribution in [3.63, 3.8) is 0 Å². The summed E-state index contributed by atoms with van der Waals surface area (Å²) in [6.07, 6.45) is 7.18. The topological polar surface area (TPSA) is 60.9 Å². The quantitative estimate of drug-likeness (QED) is 0.690. The number of hydrogen-bond acceptors (Lipinski definition) is 3. The second-order valence-electron chi connectivity index (χ2n) is 6.21. The third-order valence-corrected chi connectivity index (χ3v) is 4.66. The van der Waals surface area contributed by atoms with Crippen molar-refractivity contribution in [2.24, 2.45) is 0 Å².